The van der Waals surface area contributed by atoms with Crippen LogP contribution >= 0.6 is 0 Å². The molecule has 0 saturated heterocycles. The molecule has 0 bridgehead atoms. The van der Waals surface area contributed by atoms with Gasteiger partial charge in [-0.05, 0) is 72.2 Å². The molecule has 0 aliphatic rings. The zero-order valence-electron chi connectivity index (χ0n) is 11.6. The summed E-state index contributed by atoms with van der Waals surface area (Å²) in [5, 5.41) is 2.94. The minimum Gasteiger partial charge on any atom is -0.0614 e. The number of hydrogen-bond acceptors (Lipinski definition) is 0. The van der Waals surface area contributed by atoms with Gasteiger partial charge < -0.3 is 0 Å². The summed E-state index contributed by atoms with van der Waals surface area (Å²) >= 11 is 0. The molecule has 0 aliphatic carbocycles. The van der Waals surface area contributed by atoms with E-state index in [1.165, 1.54) is 27.5 Å². The monoisotopic (exact) mass is 226 g/mol. The number of rotatable bonds is 2. The lowest BCUT2D eigenvalue weighted by Gasteiger charge is -2.18. The van der Waals surface area contributed by atoms with E-state index < -0.39 is 0 Å². The van der Waals surface area contributed by atoms with Crippen LogP contribution in [0, 0.1) is 20.8 Å². The van der Waals surface area contributed by atoms with E-state index in [0.29, 0.717) is 0 Å². The maximum atomic E-state index is 2.28. The molecule has 0 N–H and O–H groups in total. The van der Waals surface area contributed by atoms with E-state index in [-0.39, 0.29) is 0 Å². The third-order valence-corrected chi connectivity index (χ3v) is 4.06. The number of aryl methyl sites for hydroxylation is 3. The van der Waals surface area contributed by atoms with Crippen molar-refractivity contribution < 1.29 is 0 Å². The lowest BCUT2D eigenvalue weighted by Crippen LogP contribution is -2.01. The van der Waals surface area contributed by atoms with Crippen LogP contribution in [0.25, 0.3) is 10.8 Å². The molecule has 0 radical (unpaired) electrons. The van der Waals surface area contributed by atoms with E-state index in [0.717, 1.165) is 12.8 Å². The van der Waals surface area contributed by atoms with Crippen LogP contribution in [0.5, 0.6) is 0 Å². The van der Waals surface area contributed by atoms with Crippen LogP contribution in [0.15, 0.2) is 18.2 Å². The molecular formula is C17H22. The molecule has 90 valence electrons. The first kappa shape index (κ1) is 12.2. The molecule has 2 rings (SSSR count). The molecule has 0 aromatic heterocycles. The van der Waals surface area contributed by atoms with Gasteiger partial charge in [0.05, 0.1) is 0 Å². The third kappa shape index (κ3) is 1.76. The zero-order valence-corrected chi connectivity index (χ0v) is 11.6. The number of fused-ring (bicyclic) bond motifs is 1. The first-order chi connectivity index (χ1) is 8.11. The van der Waals surface area contributed by atoms with Gasteiger partial charge in [0, 0.05) is 0 Å². The molecule has 0 aliphatic heterocycles. The van der Waals surface area contributed by atoms with Gasteiger partial charge in [-0.2, -0.15) is 0 Å². The Morgan fingerprint density at radius 2 is 1.47 bits per heavy atom. The van der Waals surface area contributed by atoms with E-state index in [2.05, 4.69) is 52.8 Å². The van der Waals surface area contributed by atoms with Crippen molar-refractivity contribution in [2.75, 3.05) is 0 Å². The maximum absolute atomic E-state index is 2.28. The Balaban J connectivity index is 3.01. The summed E-state index contributed by atoms with van der Waals surface area (Å²) in [5.41, 5.74) is 7.47. The number of benzene rings is 2. The largest absolute Gasteiger partial charge is 0.0614 e. The van der Waals surface area contributed by atoms with E-state index in [1.54, 1.807) is 11.1 Å². The number of hydrogen-bond donors (Lipinski definition) is 0. The summed E-state index contributed by atoms with van der Waals surface area (Å²) < 4.78 is 0. The van der Waals surface area contributed by atoms with Crippen molar-refractivity contribution in [3.63, 3.8) is 0 Å². The first-order valence-corrected chi connectivity index (χ1v) is 6.62. The maximum Gasteiger partial charge on any atom is -0.0120 e. The first-order valence-electron chi connectivity index (χ1n) is 6.62. The predicted octanol–water partition coefficient (Wildman–Crippen LogP) is 4.89. The highest BCUT2D eigenvalue weighted by molar-refractivity contribution is 5.93. The van der Waals surface area contributed by atoms with Gasteiger partial charge in [0.25, 0.3) is 0 Å². The van der Waals surface area contributed by atoms with Crippen LogP contribution in [-0.2, 0) is 12.8 Å². The molecule has 0 heteroatoms. The second-order valence-electron chi connectivity index (χ2n) is 4.91. The molecule has 0 fully saturated rings. The molecule has 0 atom stereocenters. The molecule has 2 aromatic carbocycles. The second-order valence-corrected chi connectivity index (χ2v) is 4.91. The minimum absolute atomic E-state index is 1.13. The smallest absolute Gasteiger partial charge is 0.0120 e. The average molecular weight is 226 g/mol. The topological polar surface area (TPSA) is 0 Å². The van der Waals surface area contributed by atoms with E-state index in [1.807, 2.05) is 0 Å². The van der Waals surface area contributed by atoms with Gasteiger partial charge in [0.15, 0.2) is 0 Å². The second kappa shape index (κ2) is 4.52. The SMILES string of the molecule is CCc1c(C)c(C)c2c(C)cccc2c1CC. The molecule has 0 heterocycles. The van der Waals surface area contributed by atoms with Crippen molar-refractivity contribution in [2.24, 2.45) is 0 Å². The van der Waals surface area contributed by atoms with Gasteiger partial charge in [0.1, 0.15) is 0 Å². The third-order valence-electron chi connectivity index (χ3n) is 4.06. The Morgan fingerprint density at radius 3 is 2.06 bits per heavy atom. The molecule has 0 spiro atoms. The summed E-state index contributed by atoms with van der Waals surface area (Å²) in [4.78, 5) is 0. The Labute approximate surface area is 105 Å². The van der Waals surface area contributed by atoms with Gasteiger partial charge in [0.2, 0.25) is 0 Å². The van der Waals surface area contributed by atoms with E-state index in [9.17, 15) is 0 Å². The average Bonchev–Trinajstić information content (AvgIpc) is 2.33. The summed E-state index contributed by atoms with van der Waals surface area (Å²) in [6.45, 7) is 11.3. The van der Waals surface area contributed by atoms with Crippen molar-refractivity contribution in [1.29, 1.82) is 0 Å². The Bertz CT molecular complexity index is 562. The van der Waals surface area contributed by atoms with Crippen LogP contribution in [0.4, 0.5) is 0 Å². The van der Waals surface area contributed by atoms with Crippen LogP contribution in [0.1, 0.15) is 41.7 Å². The Morgan fingerprint density at radius 1 is 0.824 bits per heavy atom. The summed E-state index contributed by atoms with van der Waals surface area (Å²) in [7, 11) is 0. The predicted molar refractivity (Wildman–Crippen MR) is 76.9 cm³/mol. The van der Waals surface area contributed by atoms with Crippen molar-refractivity contribution in [2.45, 2.75) is 47.5 Å². The van der Waals surface area contributed by atoms with Gasteiger partial charge in [-0.1, -0.05) is 32.0 Å². The molecule has 0 nitrogen and oxygen atoms in total. The molecule has 0 unspecified atom stereocenters. The van der Waals surface area contributed by atoms with Crippen LogP contribution in [0.3, 0.4) is 0 Å². The van der Waals surface area contributed by atoms with Crippen molar-refractivity contribution in [1.82, 2.24) is 0 Å². The molecule has 2 aromatic rings. The van der Waals surface area contributed by atoms with Crippen molar-refractivity contribution >= 4 is 10.8 Å². The van der Waals surface area contributed by atoms with Crippen LogP contribution in [-0.4, -0.2) is 0 Å². The van der Waals surface area contributed by atoms with Crippen LogP contribution in [0.2, 0.25) is 0 Å². The standard InChI is InChI=1S/C17H22/c1-6-14-12(4)13(5)17-11(3)9-8-10-16(17)15(14)7-2/h8-10H,6-7H2,1-5H3. The Kier molecular flexibility index (Phi) is 3.24. The normalized spacial score (nSPS) is 11.1. The fourth-order valence-electron chi connectivity index (χ4n) is 3.10. The van der Waals surface area contributed by atoms with E-state index >= 15 is 0 Å². The molecule has 0 amide bonds. The summed E-state index contributed by atoms with van der Waals surface area (Å²) in [6.07, 6.45) is 2.27. The highest BCUT2D eigenvalue weighted by Crippen LogP contribution is 2.32. The Hall–Kier alpha value is -1.30. The molecule has 0 saturated carbocycles. The van der Waals surface area contributed by atoms with Gasteiger partial charge in [-0.3, -0.25) is 0 Å². The zero-order chi connectivity index (χ0) is 12.6. The minimum atomic E-state index is 1.13. The quantitative estimate of drug-likeness (QED) is 0.684. The highest BCUT2D eigenvalue weighted by atomic mass is 14.2. The van der Waals surface area contributed by atoms with Crippen molar-refractivity contribution in [3.05, 3.63) is 46.0 Å². The fraction of sp³-hybridized carbons (Fsp3) is 0.412. The highest BCUT2D eigenvalue weighted by Gasteiger charge is 2.13. The van der Waals surface area contributed by atoms with Gasteiger partial charge >= 0.3 is 0 Å². The molecule has 17 heavy (non-hydrogen) atoms. The lowest BCUT2D eigenvalue weighted by molar-refractivity contribution is 1.02. The van der Waals surface area contributed by atoms with Crippen LogP contribution < -0.4 is 0 Å². The van der Waals surface area contributed by atoms with E-state index in [4.69, 9.17) is 0 Å². The van der Waals surface area contributed by atoms with Crippen molar-refractivity contribution in [3.8, 4) is 0 Å². The summed E-state index contributed by atoms with van der Waals surface area (Å²) in [6, 6.07) is 6.69. The summed E-state index contributed by atoms with van der Waals surface area (Å²) in [5.74, 6) is 0. The lowest BCUT2D eigenvalue weighted by atomic mass is 9.86. The van der Waals surface area contributed by atoms with Gasteiger partial charge in [-0.25, -0.2) is 0 Å². The fourth-order valence-corrected chi connectivity index (χ4v) is 3.10. The van der Waals surface area contributed by atoms with Gasteiger partial charge in [-0.15, -0.1) is 0 Å². The molecular weight excluding hydrogens is 204 g/mol.